The zero-order chi connectivity index (χ0) is 22.6. The van der Waals surface area contributed by atoms with Crippen molar-refractivity contribution in [2.75, 3.05) is 37.0 Å². The molecule has 0 aliphatic carbocycles. The summed E-state index contributed by atoms with van der Waals surface area (Å²) in [5, 5.41) is 3.90. The van der Waals surface area contributed by atoms with E-state index in [4.69, 9.17) is 0 Å². The van der Waals surface area contributed by atoms with Crippen LogP contribution in [0.25, 0.3) is 11.2 Å². The molecule has 0 radical (unpaired) electrons. The van der Waals surface area contributed by atoms with Crippen molar-refractivity contribution >= 4 is 22.8 Å². The standard InChI is InChI=1S/C11H13F2N5.C8H9F3N2/c12-9(13)7-18-11-8(5-15-18)14-6-10(16-11)17-3-1-2-4-17;1-13(2)7-5-3-4-6(12-7)8(9,10)11/h5-6,9H,1-4,7H2;3-5H,1-2H3. The molecule has 0 spiro atoms. The minimum atomic E-state index is -4.37. The number of fused-ring (bicyclic) bond motifs is 1. The molecule has 1 fully saturated rings. The number of hydrogen-bond donors (Lipinski definition) is 0. The van der Waals surface area contributed by atoms with Crippen molar-refractivity contribution in [3.05, 3.63) is 36.3 Å². The van der Waals surface area contributed by atoms with Gasteiger partial charge in [-0.15, -0.1) is 0 Å². The molecule has 1 aliphatic rings. The number of pyridine rings is 1. The van der Waals surface area contributed by atoms with Gasteiger partial charge in [-0.05, 0) is 25.0 Å². The van der Waals surface area contributed by atoms with E-state index in [2.05, 4.69) is 25.0 Å². The first-order chi connectivity index (χ1) is 14.6. The quantitative estimate of drug-likeness (QED) is 0.571. The van der Waals surface area contributed by atoms with Gasteiger partial charge in [0.25, 0.3) is 6.43 Å². The monoisotopic (exact) mass is 443 g/mol. The van der Waals surface area contributed by atoms with Crippen molar-refractivity contribution in [2.45, 2.75) is 32.0 Å². The van der Waals surface area contributed by atoms with E-state index in [0.717, 1.165) is 37.8 Å². The van der Waals surface area contributed by atoms with Crippen molar-refractivity contribution < 1.29 is 22.0 Å². The maximum atomic E-state index is 12.4. The van der Waals surface area contributed by atoms with Crippen LogP contribution in [0.3, 0.4) is 0 Å². The summed E-state index contributed by atoms with van der Waals surface area (Å²) in [6, 6.07) is 3.81. The van der Waals surface area contributed by atoms with Crippen LogP contribution in [0.15, 0.2) is 30.6 Å². The van der Waals surface area contributed by atoms with Crippen LogP contribution < -0.4 is 9.80 Å². The lowest BCUT2D eigenvalue weighted by Gasteiger charge is -2.15. The van der Waals surface area contributed by atoms with Crippen LogP contribution in [0.4, 0.5) is 33.6 Å². The van der Waals surface area contributed by atoms with Crippen molar-refractivity contribution in [1.82, 2.24) is 24.7 Å². The molecule has 1 saturated heterocycles. The molecule has 12 heteroatoms. The van der Waals surface area contributed by atoms with Gasteiger partial charge < -0.3 is 9.80 Å². The lowest BCUT2D eigenvalue weighted by Crippen LogP contribution is -2.19. The third kappa shape index (κ3) is 5.76. The number of alkyl halides is 5. The third-order valence-electron chi connectivity index (χ3n) is 4.56. The Morgan fingerprint density at radius 2 is 1.77 bits per heavy atom. The van der Waals surface area contributed by atoms with Gasteiger partial charge in [0.15, 0.2) is 5.65 Å². The van der Waals surface area contributed by atoms with E-state index >= 15 is 0 Å². The van der Waals surface area contributed by atoms with E-state index in [1.54, 1.807) is 20.3 Å². The van der Waals surface area contributed by atoms with Crippen LogP contribution in [0.2, 0.25) is 0 Å². The largest absolute Gasteiger partial charge is 0.433 e. The molecule has 4 rings (SSSR count). The number of halogens is 5. The molecule has 0 atom stereocenters. The summed E-state index contributed by atoms with van der Waals surface area (Å²) in [7, 11) is 3.28. The highest BCUT2D eigenvalue weighted by atomic mass is 19.4. The Kier molecular flexibility index (Phi) is 6.86. The van der Waals surface area contributed by atoms with Crippen LogP contribution in [0, 0.1) is 0 Å². The molecule has 0 N–H and O–H groups in total. The number of nitrogens with zero attached hydrogens (tertiary/aromatic N) is 7. The number of hydrogen-bond acceptors (Lipinski definition) is 6. The smallest absolute Gasteiger partial charge is 0.363 e. The number of rotatable bonds is 4. The highest BCUT2D eigenvalue weighted by Crippen LogP contribution is 2.28. The van der Waals surface area contributed by atoms with Gasteiger partial charge in [0.2, 0.25) is 0 Å². The predicted octanol–water partition coefficient (Wildman–Crippen LogP) is 3.86. The van der Waals surface area contributed by atoms with Gasteiger partial charge in [-0.2, -0.15) is 18.3 Å². The summed E-state index contributed by atoms with van der Waals surface area (Å²) in [4.78, 5) is 15.7. The lowest BCUT2D eigenvalue weighted by atomic mass is 10.3. The Bertz CT molecular complexity index is 997. The van der Waals surface area contributed by atoms with E-state index in [-0.39, 0.29) is 0 Å². The fourth-order valence-electron chi connectivity index (χ4n) is 3.03. The summed E-state index contributed by atoms with van der Waals surface area (Å²) >= 11 is 0. The number of aromatic nitrogens is 5. The zero-order valence-electron chi connectivity index (χ0n) is 17.0. The summed E-state index contributed by atoms with van der Waals surface area (Å²) in [6.07, 6.45) is -1.39. The van der Waals surface area contributed by atoms with Crippen LogP contribution in [0.5, 0.6) is 0 Å². The van der Waals surface area contributed by atoms with E-state index in [0.29, 0.717) is 17.0 Å². The molecular weight excluding hydrogens is 421 g/mol. The van der Waals surface area contributed by atoms with Crippen LogP contribution in [0.1, 0.15) is 18.5 Å². The fraction of sp³-hybridized carbons (Fsp3) is 0.474. The minimum absolute atomic E-state index is 0.301. The molecular formula is C19H22F5N7. The van der Waals surface area contributed by atoms with Gasteiger partial charge in [0, 0.05) is 27.2 Å². The van der Waals surface area contributed by atoms with Crippen LogP contribution in [-0.2, 0) is 12.7 Å². The van der Waals surface area contributed by atoms with Crippen LogP contribution >= 0.6 is 0 Å². The van der Waals surface area contributed by atoms with E-state index < -0.39 is 24.8 Å². The molecule has 31 heavy (non-hydrogen) atoms. The van der Waals surface area contributed by atoms with Gasteiger partial charge in [0.05, 0.1) is 12.4 Å². The Morgan fingerprint density at radius 1 is 1.06 bits per heavy atom. The lowest BCUT2D eigenvalue weighted by molar-refractivity contribution is -0.141. The Labute approximate surface area is 175 Å². The Morgan fingerprint density at radius 3 is 2.39 bits per heavy atom. The van der Waals surface area contributed by atoms with Crippen molar-refractivity contribution in [3.63, 3.8) is 0 Å². The van der Waals surface area contributed by atoms with Crippen molar-refractivity contribution in [2.24, 2.45) is 0 Å². The topological polar surface area (TPSA) is 63.0 Å². The van der Waals surface area contributed by atoms with Gasteiger partial charge in [-0.25, -0.2) is 28.4 Å². The summed E-state index contributed by atoms with van der Waals surface area (Å²) in [5.74, 6) is 1.05. The molecule has 3 aromatic heterocycles. The highest BCUT2D eigenvalue weighted by molar-refractivity contribution is 5.71. The average molecular weight is 443 g/mol. The number of anilines is 2. The normalized spacial score (nSPS) is 14.1. The van der Waals surface area contributed by atoms with Gasteiger partial charge in [-0.3, -0.25) is 0 Å². The average Bonchev–Trinajstić information content (AvgIpc) is 3.38. The molecule has 0 aromatic carbocycles. The zero-order valence-corrected chi connectivity index (χ0v) is 17.0. The molecule has 1 aliphatic heterocycles. The molecule has 3 aromatic rings. The molecule has 0 saturated carbocycles. The second-order valence-corrected chi connectivity index (χ2v) is 7.12. The van der Waals surface area contributed by atoms with Gasteiger partial charge in [-0.1, -0.05) is 6.07 Å². The Hall–Kier alpha value is -3.05. The van der Waals surface area contributed by atoms with Gasteiger partial charge in [0.1, 0.15) is 29.4 Å². The maximum absolute atomic E-state index is 12.4. The highest BCUT2D eigenvalue weighted by Gasteiger charge is 2.32. The molecule has 4 heterocycles. The molecule has 0 bridgehead atoms. The van der Waals surface area contributed by atoms with Crippen molar-refractivity contribution in [3.8, 4) is 0 Å². The van der Waals surface area contributed by atoms with E-state index in [9.17, 15) is 22.0 Å². The van der Waals surface area contributed by atoms with E-state index in [1.807, 2.05) is 0 Å². The first-order valence-corrected chi connectivity index (χ1v) is 9.58. The van der Waals surface area contributed by atoms with Crippen LogP contribution in [-0.4, -0.2) is 58.3 Å². The van der Waals surface area contributed by atoms with Gasteiger partial charge >= 0.3 is 6.18 Å². The third-order valence-corrected chi connectivity index (χ3v) is 4.56. The molecule has 7 nitrogen and oxygen atoms in total. The Balaban J connectivity index is 0.000000187. The first kappa shape index (κ1) is 22.6. The molecule has 168 valence electrons. The SMILES string of the molecule is CN(C)c1cccc(C(F)(F)F)n1.FC(F)Cn1ncc2ncc(N3CCCC3)nc21. The maximum Gasteiger partial charge on any atom is 0.433 e. The minimum Gasteiger partial charge on any atom is -0.363 e. The molecule has 0 amide bonds. The molecule has 0 unspecified atom stereocenters. The van der Waals surface area contributed by atoms with E-state index in [1.165, 1.54) is 27.9 Å². The summed E-state index contributed by atoms with van der Waals surface area (Å²) in [5.41, 5.74) is 0.122. The van der Waals surface area contributed by atoms with Crippen molar-refractivity contribution in [1.29, 1.82) is 0 Å². The summed E-state index contributed by atoms with van der Waals surface area (Å²) < 4.78 is 62.5. The fourth-order valence-corrected chi connectivity index (χ4v) is 3.03. The predicted molar refractivity (Wildman–Crippen MR) is 106 cm³/mol. The first-order valence-electron chi connectivity index (χ1n) is 9.58. The second kappa shape index (κ2) is 9.40. The summed E-state index contributed by atoms with van der Waals surface area (Å²) in [6.45, 7) is 1.45. The second-order valence-electron chi connectivity index (χ2n) is 7.12.